The molecule has 2 rings (SSSR count). The van der Waals surface area contributed by atoms with Gasteiger partial charge < -0.3 is 10.2 Å². The van der Waals surface area contributed by atoms with Crippen LogP contribution >= 0.6 is 0 Å². The van der Waals surface area contributed by atoms with Crippen LogP contribution in [0, 0.1) is 5.82 Å². The number of nitrogens with one attached hydrogen (secondary N) is 1. The van der Waals surface area contributed by atoms with E-state index in [2.05, 4.69) is 29.1 Å². The van der Waals surface area contributed by atoms with E-state index in [0.29, 0.717) is 17.7 Å². The molecule has 20 heavy (non-hydrogen) atoms. The van der Waals surface area contributed by atoms with Crippen LogP contribution in [-0.4, -0.2) is 23.1 Å². The predicted octanol–water partition coefficient (Wildman–Crippen LogP) is 2.88. The molecular weight excluding hydrogens is 255 g/mol. The highest BCUT2D eigenvalue weighted by molar-refractivity contribution is 5.56. The minimum Gasteiger partial charge on any atom is -0.311 e. The van der Waals surface area contributed by atoms with Gasteiger partial charge in [-0.3, -0.25) is 0 Å². The average molecular weight is 274 g/mol. The molecule has 106 valence electrons. The van der Waals surface area contributed by atoms with E-state index in [1.807, 2.05) is 0 Å². The van der Waals surface area contributed by atoms with E-state index in [1.54, 1.807) is 42.5 Å². The third-order valence-corrected chi connectivity index (χ3v) is 2.92. The largest absolute Gasteiger partial charge is 0.311 e. The van der Waals surface area contributed by atoms with Crippen molar-refractivity contribution >= 4 is 11.6 Å². The summed E-state index contributed by atoms with van der Waals surface area (Å²) >= 11 is 0. The van der Waals surface area contributed by atoms with E-state index in [0.717, 1.165) is 12.1 Å². The van der Waals surface area contributed by atoms with Crippen LogP contribution in [0.3, 0.4) is 0 Å². The molecule has 0 atom stereocenters. The van der Waals surface area contributed by atoms with Gasteiger partial charge >= 0.3 is 0 Å². The molecule has 1 aromatic heterocycles. The van der Waals surface area contributed by atoms with Gasteiger partial charge in [0.25, 0.3) is 0 Å². The van der Waals surface area contributed by atoms with Crippen LogP contribution in [0.4, 0.5) is 16.0 Å². The lowest BCUT2D eigenvalue weighted by Gasteiger charge is -2.17. The summed E-state index contributed by atoms with van der Waals surface area (Å²) in [4.78, 5) is 10.2. The number of rotatable bonds is 5. The summed E-state index contributed by atoms with van der Waals surface area (Å²) in [5, 5.41) is 3.30. The highest BCUT2D eigenvalue weighted by Gasteiger charge is 2.10. The minimum absolute atomic E-state index is 0.288. The summed E-state index contributed by atoms with van der Waals surface area (Å²) in [5.41, 5.74) is 1.46. The maximum Gasteiger partial charge on any atom is 0.229 e. The summed E-state index contributed by atoms with van der Waals surface area (Å²) in [6.45, 7) is 4.89. The Morgan fingerprint density at radius 3 is 2.45 bits per heavy atom. The van der Waals surface area contributed by atoms with Crippen molar-refractivity contribution in [3.05, 3.63) is 48.0 Å². The summed E-state index contributed by atoms with van der Waals surface area (Å²) in [5.74, 6) is 0.188. The average Bonchev–Trinajstić information content (AvgIpc) is 2.45. The van der Waals surface area contributed by atoms with Crippen LogP contribution in [0.15, 0.2) is 36.7 Å². The second kappa shape index (κ2) is 6.43. The summed E-state index contributed by atoms with van der Waals surface area (Å²) in [6.07, 6.45) is 3.52. The third kappa shape index (κ3) is 3.51. The van der Waals surface area contributed by atoms with Gasteiger partial charge in [0, 0.05) is 37.6 Å². The number of anilines is 2. The first kappa shape index (κ1) is 14.4. The highest BCUT2D eigenvalue weighted by atomic mass is 19.1. The Hall–Kier alpha value is -2.01. The quantitative estimate of drug-likeness (QED) is 0.910. The Bertz CT molecular complexity index is 554. The molecule has 0 amide bonds. The lowest BCUT2D eigenvalue weighted by molar-refractivity contribution is 0.586. The topological polar surface area (TPSA) is 41.1 Å². The zero-order valence-corrected chi connectivity index (χ0v) is 12.0. The third-order valence-electron chi connectivity index (χ3n) is 2.92. The normalized spacial score (nSPS) is 10.8. The van der Waals surface area contributed by atoms with Crippen molar-refractivity contribution in [3.8, 4) is 0 Å². The van der Waals surface area contributed by atoms with Gasteiger partial charge in [-0.25, -0.2) is 14.4 Å². The molecule has 2 aromatic rings. The second-order valence-electron chi connectivity index (χ2n) is 4.94. The first-order chi connectivity index (χ1) is 9.58. The van der Waals surface area contributed by atoms with E-state index in [4.69, 9.17) is 0 Å². The molecule has 4 nitrogen and oxygen atoms in total. The molecular formula is C15H19FN4. The summed E-state index contributed by atoms with van der Waals surface area (Å²) in [7, 11) is 1.75. The Morgan fingerprint density at radius 1 is 1.20 bits per heavy atom. The fraction of sp³-hybridized carbons (Fsp3) is 0.333. The Kier molecular flexibility index (Phi) is 4.63. The molecule has 0 fully saturated rings. The standard InChI is InChI=1S/C15H19FN4/c1-11(2)17-8-12-9-18-15(19-10-12)20(3)14-7-5-4-6-13(14)16/h4-7,9-11,17H,8H2,1-3H3. The van der Waals surface area contributed by atoms with Crippen molar-refractivity contribution in [1.82, 2.24) is 15.3 Å². The number of benzene rings is 1. The van der Waals surface area contributed by atoms with Gasteiger partial charge in [0.05, 0.1) is 5.69 Å². The van der Waals surface area contributed by atoms with Crippen LogP contribution in [-0.2, 0) is 6.54 Å². The zero-order valence-electron chi connectivity index (χ0n) is 12.0. The summed E-state index contributed by atoms with van der Waals surface area (Å²) < 4.78 is 13.7. The summed E-state index contributed by atoms with van der Waals surface area (Å²) in [6, 6.07) is 6.99. The lowest BCUT2D eigenvalue weighted by Crippen LogP contribution is -2.22. The molecule has 0 saturated carbocycles. The zero-order chi connectivity index (χ0) is 14.5. The van der Waals surface area contributed by atoms with Gasteiger partial charge in [-0.15, -0.1) is 0 Å². The molecule has 0 radical (unpaired) electrons. The molecule has 1 heterocycles. The molecule has 0 unspecified atom stereocenters. The van der Waals surface area contributed by atoms with Crippen LogP contribution in [0.25, 0.3) is 0 Å². The molecule has 0 spiro atoms. The Morgan fingerprint density at radius 2 is 1.85 bits per heavy atom. The van der Waals surface area contributed by atoms with Gasteiger partial charge in [0.15, 0.2) is 0 Å². The van der Waals surface area contributed by atoms with Crippen molar-refractivity contribution in [3.63, 3.8) is 0 Å². The number of aromatic nitrogens is 2. The van der Waals surface area contributed by atoms with Gasteiger partial charge in [-0.1, -0.05) is 26.0 Å². The lowest BCUT2D eigenvalue weighted by atomic mass is 10.3. The molecule has 1 aromatic carbocycles. The molecule has 0 aliphatic heterocycles. The van der Waals surface area contributed by atoms with E-state index < -0.39 is 0 Å². The van der Waals surface area contributed by atoms with Crippen molar-refractivity contribution in [2.45, 2.75) is 26.4 Å². The van der Waals surface area contributed by atoms with Crippen molar-refractivity contribution in [2.24, 2.45) is 0 Å². The molecule has 5 heteroatoms. The van der Waals surface area contributed by atoms with Gasteiger partial charge in [-0.05, 0) is 12.1 Å². The first-order valence-electron chi connectivity index (χ1n) is 6.60. The predicted molar refractivity (Wildman–Crippen MR) is 78.5 cm³/mol. The van der Waals surface area contributed by atoms with Crippen LogP contribution in [0.2, 0.25) is 0 Å². The van der Waals surface area contributed by atoms with Crippen molar-refractivity contribution in [1.29, 1.82) is 0 Å². The fourth-order valence-corrected chi connectivity index (χ4v) is 1.77. The molecule has 0 bridgehead atoms. The van der Waals surface area contributed by atoms with Crippen molar-refractivity contribution < 1.29 is 4.39 Å². The first-order valence-corrected chi connectivity index (χ1v) is 6.60. The minimum atomic E-state index is -0.288. The molecule has 1 N–H and O–H groups in total. The van der Waals surface area contributed by atoms with E-state index in [1.165, 1.54) is 6.07 Å². The molecule has 0 saturated heterocycles. The number of hydrogen-bond donors (Lipinski definition) is 1. The monoisotopic (exact) mass is 274 g/mol. The maximum atomic E-state index is 13.7. The smallest absolute Gasteiger partial charge is 0.229 e. The molecule has 0 aliphatic rings. The number of nitrogens with zero attached hydrogens (tertiary/aromatic N) is 3. The second-order valence-corrected chi connectivity index (χ2v) is 4.94. The van der Waals surface area contributed by atoms with E-state index >= 15 is 0 Å². The number of hydrogen-bond acceptors (Lipinski definition) is 4. The number of halogens is 1. The van der Waals surface area contributed by atoms with Crippen LogP contribution in [0.5, 0.6) is 0 Å². The van der Waals surface area contributed by atoms with E-state index in [9.17, 15) is 4.39 Å². The maximum absolute atomic E-state index is 13.7. The van der Waals surface area contributed by atoms with Crippen LogP contribution in [0.1, 0.15) is 19.4 Å². The number of para-hydroxylation sites is 1. The Balaban J connectivity index is 2.12. The van der Waals surface area contributed by atoms with Crippen LogP contribution < -0.4 is 10.2 Å². The van der Waals surface area contributed by atoms with Crippen molar-refractivity contribution in [2.75, 3.05) is 11.9 Å². The highest BCUT2D eigenvalue weighted by Crippen LogP contribution is 2.22. The van der Waals surface area contributed by atoms with Gasteiger partial charge in [0.1, 0.15) is 5.82 Å². The Labute approximate surface area is 118 Å². The fourth-order valence-electron chi connectivity index (χ4n) is 1.77. The molecule has 0 aliphatic carbocycles. The van der Waals surface area contributed by atoms with Gasteiger partial charge in [0.2, 0.25) is 5.95 Å². The SMILES string of the molecule is CC(C)NCc1cnc(N(C)c2ccccc2F)nc1. The van der Waals surface area contributed by atoms with E-state index in [-0.39, 0.29) is 5.82 Å². The van der Waals surface area contributed by atoms with Gasteiger partial charge in [-0.2, -0.15) is 0 Å².